The van der Waals surface area contributed by atoms with E-state index in [2.05, 4.69) is 9.55 Å². The molecule has 0 spiro atoms. The normalized spacial score (nSPS) is 10.5. The molecule has 0 aliphatic heterocycles. The summed E-state index contributed by atoms with van der Waals surface area (Å²) in [6, 6.07) is 5.60. The number of halogens is 1. The summed E-state index contributed by atoms with van der Waals surface area (Å²) in [5.41, 5.74) is 1.75. The SMILES string of the molecule is CCOC(=O)N(C)c1ccc(CCn2ccnc2C)c(Cl)c1. The van der Waals surface area contributed by atoms with Gasteiger partial charge in [0.15, 0.2) is 0 Å². The van der Waals surface area contributed by atoms with E-state index in [4.69, 9.17) is 16.3 Å². The van der Waals surface area contributed by atoms with Gasteiger partial charge in [-0.2, -0.15) is 0 Å². The molecule has 0 aliphatic rings. The highest BCUT2D eigenvalue weighted by molar-refractivity contribution is 6.31. The van der Waals surface area contributed by atoms with Gasteiger partial charge in [-0.3, -0.25) is 4.90 Å². The number of rotatable bonds is 5. The van der Waals surface area contributed by atoms with Gasteiger partial charge in [0.2, 0.25) is 0 Å². The molecule has 2 rings (SSSR count). The zero-order valence-corrected chi connectivity index (χ0v) is 13.8. The van der Waals surface area contributed by atoms with E-state index in [0.717, 1.165) is 24.4 Å². The summed E-state index contributed by atoms with van der Waals surface area (Å²) in [6.45, 7) is 4.91. The van der Waals surface area contributed by atoms with E-state index in [1.165, 1.54) is 4.90 Å². The third-order valence-electron chi connectivity index (χ3n) is 3.51. The van der Waals surface area contributed by atoms with Crippen molar-refractivity contribution in [2.75, 3.05) is 18.6 Å². The fourth-order valence-corrected chi connectivity index (χ4v) is 2.42. The van der Waals surface area contributed by atoms with Crippen molar-refractivity contribution in [1.29, 1.82) is 0 Å². The van der Waals surface area contributed by atoms with Crippen molar-refractivity contribution in [3.05, 3.63) is 47.0 Å². The summed E-state index contributed by atoms with van der Waals surface area (Å²) in [5, 5.41) is 0.645. The van der Waals surface area contributed by atoms with Crippen LogP contribution in [0.1, 0.15) is 18.3 Å². The number of amides is 1. The highest BCUT2D eigenvalue weighted by atomic mass is 35.5. The van der Waals surface area contributed by atoms with Crippen LogP contribution in [0.2, 0.25) is 5.02 Å². The number of aromatic nitrogens is 2. The number of benzene rings is 1. The number of carbonyl (C=O) groups excluding carboxylic acids is 1. The Kier molecular flexibility index (Phi) is 5.44. The Balaban J connectivity index is 2.06. The second-order valence-electron chi connectivity index (χ2n) is 4.95. The third kappa shape index (κ3) is 3.80. The van der Waals surface area contributed by atoms with Crippen molar-refractivity contribution in [3.63, 3.8) is 0 Å². The molecule has 0 N–H and O–H groups in total. The van der Waals surface area contributed by atoms with Gasteiger partial charge in [0.1, 0.15) is 5.82 Å². The lowest BCUT2D eigenvalue weighted by molar-refractivity contribution is 0.161. The van der Waals surface area contributed by atoms with E-state index in [1.807, 2.05) is 25.3 Å². The van der Waals surface area contributed by atoms with Crippen LogP contribution in [-0.4, -0.2) is 29.3 Å². The zero-order valence-electron chi connectivity index (χ0n) is 13.0. The van der Waals surface area contributed by atoms with Gasteiger partial charge in [0.25, 0.3) is 0 Å². The molecule has 6 heteroatoms. The van der Waals surface area contributed by atoms with Gasteiger partial charge in [-0.05, 0) is 38.0 Å². The molecule has 0 saturated heterocycles. The molecule has 1 heterocycles. The molecule has 22 heavy (non-hydrogen) atoms. The standard InChI is InChI=1S/C16H20ClN3O2/c1-4-22-16(21)19(3)14-6-5-13(15(17)11-14)7-9-20-10-8-18-12(20)2/h5-6,8,10-11H,4,7,9H2,1-3H3. The molecule has 0 unspecified atom stereocenters. The van der Waals surface area contributed by atoms with Crippen molar-refractivity contribution in [2.45, 2.75) is 26.8 Å². The molecule has 0 atom stereocenters. The maximum atomic E-state index is 11.7. The Morgan fingerprint density at radius 3 is 2.82 bits per heavy atom. The number of hydrogen-bond donors (Lipinski definition) is 0. The molecule has 0 saturated carbocycles. The van der Waals surface area contributed by atoms with Crippen molar-refractivity contribution in [3.8, 4) is 0 Å². The van der Waals surface area contributed by atoms with Crippen LogP contribution in [0.4, 0.5) is 10.5 Å². The third-order valence-corrected chi connectivity index (χ3v) is 3.86. The first-order valence-electron chi connectivity index (χ1n) is 7.19. The topological polar surface area (TPSA) is 47.4 Å². The van der Waals surface area contributed by atoms with Gasteiger partial charge in [-0.1, -0.05) is 17.7 Å². The molecule has 2 aromatic rings. The molecule has 1 aromatic carbocycles. The lowest BCUT2D eigenvalue weighted by Gasteiger charge is -2.17. The monoisotopic (exact) mass is 321 g/mol. The molecule has 5 nitrogen and oxygen atoms in total. The number of anilines is 1. The number of carbonyl (C=O) groups is 1. The first kappa shape index (κ1) is 16.4. The van der Waals surface area contributed by atoms with Crippen LogP contribution in [0.15, 0.2) is 30.6 Å². The Labute approximate surface area is 135 Å². The van der Waals surface area contributed by atoms with Crippen LogP contribution < -0.4 is 4.90 Å². The minimum absolute atomic E-state index is 0.346. The van der Waals surface area contributed by atoms with E-state index in [0.29, 0.717) is 17.3 Å². The van der Waals surface area contributed by atoms with Gasteiger partial charge in [-0.15, -0.1) is 0 Å². The number of nitrogens with zero attached hydrogens (tertiary/aromatic N) is 3. The van der Waals surface area contributed by atoms with E-state index < -0.39 is 0 Å². The van der Waals surface area contributed by atoms with Gasteiger partial charge in [0.05, 0.1) is 6.61 Å². The summed E-state index contributed by atoms with van der Waals surface area (Å²) in [7, 11) is 1.66. The predicted molar refractivity (Wildman–Crippen MR) is 87.5 cm³/mol. The predicted octanol–water partition coefficient (Wildman–Crippen LogP) is 3.68. The van der Waals surface area contributed by atoms with Gasteiger partial charge < -0.3 is 9.30 Å². The smallest absolute Gasteiger partial charge is 0.413 e. The second-order valence-corrected chi connectivity index (χ2v) is 5.36. The number of imidazole rings is 1. The first-order chi connectivity index (χ1) is 10.5. The van der Waals surface area contributed by atoms with Crippen molar-refractivity contribution < 1.29 is 9.53 Å². The summed E-state index contributed by atoms with van der Waals surface area (Å²) >= 11 is 6.33. The van der Waals surface area contributed by atoms with Crippen molar-refractivity contribution in [1.82, 2.24) is 9.55 Å². The maximum absolute atomic E-state index is 11.7. The quantitative estimate of drug-likeness (QED) is 0.844. The molecule has 118 valence electrons. The van der Waals surface area contributed by atoms with E-state index >= 15 is 0 Å². The average molecular weight is 322 g/mol. The zero-order chi connectivity index (χ0) is 16.1. The first-order valence-corrected chi connectivity index (χ1v) is 7.57. The van der Waals surface area contributed by atoms with E-state index in [1.54, 1.807) is 26.2 Å². The largest absolute Gasteiger partial charge is 0.449 e. The molecular weight excluding hydrogens is 302 g/mol. The van der Waals surface area contributed by atoms with Gasteiger partial charge in [-0.25, -0.2) is 9.78 Å². The fourth-order valence-electron chi connectivity index (χ4n) is 2.15. The van der Waals surface area contributed by atoms with Gasteiger partial charge in [0, 0.05) is 36.7 Å². The van der Waals surface area contributed by atoms with Crippen LogP contribution >= 0.6 is 11.6 Å². The Morgan fingerprint density at radius 2 is 2.23 bits per heavy atom. The molecule has 0 bridgehead atoms. The van der Waals surface area contributed by atoms with E-state index in [9.17, 15) is 4.79 Å². The summed E-state index contributed by atoms with van der Waals surface area (Å²) in [5.74, 6) is 0.981. The van der Waals surface area contributed by atoms with Crippen LogP contribution in [-0.2, 0) is 17.7 Å². The molecule has 0 fully saturated rings. The Morgan fingerprint density at radius 1 is 1.45 bits per heavy atom. The van der Waals surface area contributed by atoms with Crippen LogP contribution in [0.3, 0.4) is 0 Å². The minimum Gasteiger partial charge on any atom is -0.449 e. The average Bonchev–Trinajstić information content (AvgIpc) is 2.90. The lowest BCUT2D eigenvalue weighted by Crippen LogP contribution is -2.26. The summed E-state index contributed by atoms with van der Waals surface area (Å²) in [4.78, 5) is 17.3. The van der Waals surface area contributed by atoms with Crippen molar-refractivity contribution in [2.24, 2.45) is 0 Å². The molecular formula is C16H20ClN3O2. The molecule has 0 aliphatic carbocycles. The maximum Gasteiger partial charge on any atom is 0.413 e. The van der Waals surface area contributed by atoms with Gasteiger partial charge >= 0.3 is 6.09 Å². The summed E-state index contributed by atoms with van der Waals surface area (Å²) in [6.07, 6.45) is 4.15. The second kappa shape index (κ2) is 7.31. The van der Waals surface area contributed by atoms with Crippen LogP contribution in [0.5, 0.6) is 0 Å². The number of hydrogen-bond acceptors (Lipinski definition) is 3. The molecule has 0 radical (unpaired) electrons. The lowest BCUT2D eigenvalue weighted by atomic mass is 10.1. The molecule has 1 aromatic heterocycles. The Bertz CT molecular complexity index is 655. The highest BCUT2D eigenvalue weighted by Gasteiger charge is 2.13. The molecule has 1 amide bonds. The summed E-state index contributed by atoms with van der Waals surface area (Å²) < 4.78 is 7.05. The number of aryl methyl sites for hydroxylation is 3. The number of ether oxygens (including phenoxy) is 1. The van der Waals surface area contributed by atoms with Crippen LogP contribution in [0.25, 0.3) is 0 Å². The minimum atomic E-state index is -0.389. The Hall–Kier alpha value is -2.01. The van der Waals surface area contributed by atoms with E-state index in [-0.39, 0.29) is 6.09 Å². The fraction of sp³-hybridized carbons (Fsp3) is 0.375. The van der Waals surface area contributed by atoms with Crippen molar-refractivity contribution >= 4 is 23.4 Å². The van der Waals surface area contributed by atoms with Crippen LogP contribution in [0, 0.1) is 6.92 Å². The highest BCUT2D eigenvalue weighted by Crippen LogP contribution is 2.24.